The predicted molar refractivity (Wildman–Crippen MR) is 74.4 cm³/mol. The Morgan fingerprint density at radius 3 is 2.85 bits per heavy atom. The van der Waals surface area contributed by atoms with E-state index in [1.807, 2.05) is 0 Å². The van der Waals surface area contributed by atoms with E-state index in [-0.39, 0.29) is 12.5 Å². The van der Waals surface area contributed by atoms with Crippen LogP contribution in [0.15, 0.2) is 30.3 Å². The van der Waals surface area contributed by atoms with E-state index in [0.717, 1.165) is 18.9 Å². The summed E-state index contributed by atoms with van der Waals surface area (Å²) in [6, 6.07) is 7.33. The second kappa shape index (κ2) is 6.23. The molecule has 0 unspecified atom stereocenters. The van der Waals surface area contributed by atoms with Crippen molar-refractivity contribution in [2.24, 2.45) is 0 Å². The Morgan fingerprint density at radius 1 is 1.45 bits per heavy atom. The van der Waals surface area contributed by atoms with Gasteiger partial charge in [-0.3, -0.25) is 4.79 Å². The number of rotatable bonds is 6. The van der Waals surface area contributed by atoms with Crippen LogP contribution in [0.5, 0.6) is 5.75 Å². The van der Waals surface area contributed by atoms with Gasteiger partial charge >= 0.3 is 5.97 Å². The van der Waals surface area contributed by atoms with Gasteiger partial charge in [0.15, 0.2) is 6.61 Å². The summed E-state index contributed by atoms with van der Waals surface area (Å²) in [5, 5.41) is 8.57. The Balaban J connectivity index is 1.90. The standard InChI is InChI=1S/C15H17NO4/c1-16(12-6-7-12)14(17)10-20-13-4-2-3-11(9-13)5-8-15(18)19/h2-5,8-9,12H,6-7,10H2,1H3,(H,18,19). The molecule has 1 aromatic carbocycles. The highest BCUT2D eigenvalue weighted by Gasteiger charge is 2.29. The van der Waals surface area contributed by atoms with E-state index in [1.165, 1.54) is 6.08 Å². The summed E-state index contributed by atoms with van der Waals surface area (Å²) in [4.78, 5) is 24.0. The Labute approximate surface area is 117 Å². The topological polar surface area (TPSA) is 66.8 Å². The fraction of sp³-hybridized carbons (Fsp3) is 0.333. The Kier molecular flexibility index (Phi) is 4.40. The number of hydrogen-bond acceptors (Lipinski definition) is 3. The lowest BCUT2D eigenvalue weighted by Crippen LogP contribution is -2.33. The third kappa shape index (κ3) is 4.12. The number of aliphatic carboxylic acids is 1. The summed E-state index contributed by atoms with van der Waals surface area (Å²) in [6.07, 6.45) is 4.67. The molecular formula is C15H17NO4. The van der Waals surface area contributed by atoms with Crippen molar-refractivity contribution >= 4 is 18.0 Å². The van der Waals surface area contributed by atoms with Crippen molar-refractivity contribution in [2.45, 2.75) is 18.9 Å². The summed E-state index contributed by atoms with van der Waals surface area (Å²) < 4.78 is 5.44. The van der Waals surface area contributed by atoms with Gasteiger partial charge in [0.2, 0.25) is 0 Å². The number of ether oxygens (including phenoxy) is 1. The van der Waals surface area contributed by atoms with Gasteiger partial charge in [-0.25, -0.2) is 4.79 Å². The average Bonchev–Trinajstić information content (AvgIpc) is 3.26. The first-order valence-corrected chi connectivity index (χ1v) is 6.46. The van der Waals surface area contributed by atoms with Crippen LogP contribution < -0.4 is 4.74 Å². The molecule has 1 aliphatic carbocycles. The molecule has 1 amide bonds. The van der Waals surface area contributed by atoms with Crippen LogP contribution >= 0.6 is 0 Å². The van der Waals surface area contributed by atoms with Crippen LogP contribution in [0.4, 0.5) is 0 Å². The summed E-state index contributed by atoms with van der Waals surface area (Å²) in [7, 11) is 1.79. The minimum Gasteiger partial charge on any atom is -0.484 e. The molecule has 1 saturated carbocycles. The third-order valence-corrected chi connectivity index (χ3v) is 3.13. The number of nitrogens with zero attached hydrogens (tertiary/aromatic N) is 1. The second-order valence-corrected chi connectivity index (χ2v) is 4.77. The largest absolute Gasteiger partial charge is 0.484 e. The van der Waals surface area contributed by atoms with Gasteiger partial charge in [-0.2, -0.15) is 0 Å². The average molecular weight is 275 g/mol. The summed E-state index contributed by atoms with van der Waals surface area (Å²) in [5.41, 5.74) is 0.716. The zero-order chi connectivity index (χ0) is 14.5. The number of benzene rings is 1. The van der Waals surface area contributed by atoms with Crippen molar-refractivity contribution in [3.8, 4) is 5.75 Å². The number of carbonyl (C=O) groups is 2. The molecule has 5 nitrogen and oxygen atoms in total. The SMILES string of the molecule is CN(C(=O)COc1cccc(C=CC(=O)O)c1)C1CC1. The highest BCUT2D eigenvalue weighted by atomic mass is 16.5. The van der Waals surface area contributed by atoms with Gasteiger partial charge in [-0.15, -0.1) is 0 Å². The Hall–Kier alpha value is -2.30. The number of hydrogen-bond donors (Lipinski definition) is 1. The van der Waals surface area contributed by atoms with Crippen molar-refractivity contribution in [3.05, 3.63) is 35.9 Å². The maximum absolute atomic E-state index is 11.8. The number of amides is 1. The Bertz CT molecular complexity index is 534. The van der Waals surface area contributed by atoms with E-state index in [1.54, 1.807) is 36.2 Å². The van der Waals surface area contributed by atoms with E-state index in [0.29, 0.717) is 17.4 Å². The smallest absolute Gasteiger partial charge is 0.328 e. The van der Waals surface area contributed by atoms with E-state index >= 15 is 0 Å². The van der Waals surface area contributed by atoms with Crippen LogP contribution in [-0.2, 0) is 9.59 Å². The molecule has 1 fully saturated rings. The van der Waals surface area contributed by atoms with E-state index < -0.39 is 5.97 Å². The lowest BCUT2D eigenvalue weighted by molar-refractivity contribution is -0.133. The predicted octanol–water partition coefficient (Wildman–Crippen LogP) is 1.78. The van der Waals surface area contributed by atoms with E-state index in [4.69, 9.17) is 9.84 Å². The summed E-state index contributed by atoms with van der Waals surface area (Å²) >= 11 is 0. The van der Waals surface area contributed by atoms with Crippen molar-refractivity contribution in [2.75, 3.05) is 13.7 Å². The second-order valence-electron chi connectivity index (χ2n) is 4.77. The van der Waals surface area contributed by atoms with E-state index in [2.05, 4.69) is 0 Å². The van der Waals surface area contributed by atoms with Gasteiger partial charge in [-0.1, -0.05) is 12.1 Å². The molecule has 0 saturated heterocycles. The third-order valence-electron chi connectivity index (χ3n) is 3.13. The normalized spacial score (nSPS) is 14.2. The quantitative estimate of drug-likeness (QED) is 0.804. The lowest BCUT2D eigenvalue weighted by Gasteiger charge is -2.16. The van der Waals surface area contributed by atoms with Crippen LogP contribution in [0.3, 0.4) is 0 Å². The first kappa shape index (κ1) is 14.1. The number of carboxylic acid groups (broad SMARTS) is 1. The van der Waals surface area contributed by atoms with Gasteiger partial charge < -0.3 is 14.7 Å². The van der Waals surface area contributed by atoms with Crippen LogP contribution in [0.2, 0.25) is 0 Å². The molecule has 106 valence electrons. The fourth-order valence-corrected chi connectivity index (χ4v) is 1.79. The van der Waals surface area contributed by atoms with Crippen molar-refractivity contribution in [3.63, 3.8) is 0 Å². The molecule has 1 aromatic rings. The molecule has 1 N–H and O–H groups in total. The monoisotopic (exact) mass is 275 g/mol. The van der Waals surface area contributed by atoms with Gasteiger partial charge in [0.25, 0.3) is 5.91 Å². The first-order chi connectivity index (χ1) is 9.56. The molecular weight excluding hydrogens is 258 g/mol. The molecule has 0 spiro atoms. The van der Waals surface area contributed by atoms with Gasteiger partial charge in [0.1, 0.15) is 5.75 Å². The zero-order valence-corrected chi connectivity index (χ0v) is 11.3. The number of carbonyl (C=O) groups excluding carboxylic acids is 1. The van der Waals surface area contributed by atoms with Crippen molar-refractivity contribution in [1.82, 2.24) is 4.90 Å². The number of likely N-dealkylation sites (N-methyl/N-ethyl adjacent to an activating group) is 1. The highest BCUT2D eigenvalue weighted by Crippen LogP contribution is 2.25. The minimum atomic E-state index is -1.00. The molecule has 0 aromatic heterocycles. The van der Waals surface area contributed by atoms with E-state index in [9.17, 15) is 9.59 Å². The Morgan fingerprint density at radius 2 is 2.20 bits per heavy atom. The molecule has 0 heterocycles. The van der Waals surface area contributed by atoms with Crippen molar-refractivity contribution < 1.29 is 19.4 Å². The summed E-state index contributed by atoms with van der Waals surface area (Å²) in [6.45, 7) is -0.000895. The van der Waals surface area contributed by atoms with Crippen LogP contribution in [0.25, 0.3) is 6.08 Å². The maximum atomic E-state index is 11.8. The number of carboxylic acids is 1. The van der Waals surface area contributed by atoms with Gasteiger partial charge in [0, 0.05) is 19.2 Å². The summed E-state index contributed by atoms with van der Waals surface area (Å²) in [5.74, 6) is -0.494. The molecule has 0 aliphatic heterocycles. The van der Waals surface area contributed by atoms with Crippen LogP contribution in [0, 0.1) is 0 Å². The molecule has 0 radical (unpaired) electrons. The molecule has 5 heteroatoms. The molecule has 0 atom stereocenters. The van der Waals surface area contributed by atoms with Crippen LogP contribution in [0.1, 0.15) is 18.4 Å². The fourth-order valence-electron chi connectivity index (χ4n) is 1.79. The molecule has 2 rings (SSSR count). The van der Waals surface area contributed by atoms with Gasteiger partial charge in [-0.05, 0) is 36.6 Å². The minimum absolute atomic E-state index is 0.000895. The molecule has 0 bridgehead atoms. The van der Waals surface area contributed by atoms with Crippen LogP contribution in [-0.4, -0.2) is 41.6 Å². The maximum Gasteiger partial charge on any atom is 0.328 e. The van der Waals surface area contributed by atoms with Crippen molar-refractivity contribution in [1.29, 1.82) is 0 Å². The van der Waals surface area contributed by atoms with Gasteiger partial charge in [0.05, 0.1) is 0 Å². The zero-order valence-electron chi connectivity index (χ0n) is 11.3. The first-order valence-electron chi connectivity index (χ1n) is 6.46. The molecule has 20 heavy (non-hydrogen) atoms. The lowest BCUT2D eigenvalue weighted by atomic mass is 10.2. The molecule has 1 aliphatic rings. The highest BCUT2D eigenvalue weighted by molar-refractivity contribution is 5.85.